The number of aromatic nitrogens is 1. The van der Waals surface area contributed by atoms with Crippen LogP contribution in [0.2, 0.25) is 0 Å². The molecule has 1 aliphatic heterocycles. The lowest BCUT2D eigenvalue weighted by Crippen LogP contribution is -2.46. The molecule has 1 aliphatic rings. The molecule has 7 heteroatoms. The van der Waals surface area contributed by atoms with Gasteiger partial charge in [-0.3, -0.25) is 15.0 Å². The molecule has 1 aromatic heterocycles. The van der Waals surface area contributed by atoms with Crippen LogP contribution in [0.1, 0.15) is 5.69 Å². The van der Waals surface area contributed by atoms with Gasteiger partial charge in [0.15, 0.2) is 0 Å². The molecule has 0 aromatic carbocycles. The lowest BCUT2D eigenvalue weighted by Gasteiger charge is -2.33. The summed E-state index contributed by atoms with van der Waals surface area (Å²) < 4.78 is 0. The number of hydrogen-bond donors (Lipinski definition) is 0. The number of nitriles is 1. The van der Waals surface area contributed by atoms with Crippen molar-refractivity contribution in [3.05, 3.63) is 27.9 Å². The summed E-state index contributed by atoms with van der Waals surface area (Å²) in [6.45, 7) is 4.97. The molecule has 2 rings (SSSR count). The fourth-order valence-corrected chi connectivity index (χ4v) is 2.13. The minimum atomic E-state index is -0.399. The first-order valence-electron chi connectivity index (χ1n) is 6.08. The number of nitro groups is 1. The van der Waals surface area contributed by atoms with Gasteiger partial charge in [0.2, 0.25) is 5.82 Å². The molecule has 7 nitrogen and oxygen atoms in total. The average Bonchev–Trinajstić information content (AvgIpc) is 2.39. The normalized spacial score (nSPS) is 16.1. The third-order valence-corrected chi connectivity index (χ3v) is 3.16. The SMILES string of the molecule is Cc1ccc([N+](=O)[O-])c(N2CCN(CC#N)CC2)n1. The van der Waals surface area contributed by atoms with Crippen LogP contribution in [-0.4, -0.2) is 47.5 Å². The zero-order valence-corrected chi connectivity index (χ0v) is 10.7. The fourth-order valence-electron chi connectivity index (χ4n) is 2.13. The molecule has 19 heavy (non-hydrogen) atoms. The summed E-state index contributed by atoms with van der Waals surface area (Å²) in [6.07, 6.45) is 0. The van der Waals surface area contributed by atoms with Gasteiger partial charge < -0.3 is 4.90 Å². The maximum Gasteiger partial charge on any atom is 0.311 e. The third kappa shape index (κ3) is 2.98. The molecular weight excluding hydrogens is 246 g/mol. The van der Waals surface area contributed by atoms with E-state index in [0.717, 1.165) is 18.8 Å². The van der Waals surface area contributed by atoms with Crippen LogP contribution in [-0.2, 0) is 0 Å². The number of piperazine rings is 1. The number of hydrogen-bond acceptors (Lipinski definition) is 6. The van der Waals surface area contributed by atoms with Gasteiger partial charge in [-0.05, 0) is 13.0 Å². The van der Waals surface area contributed by atoms with Crippen molar-refractivity contribution in [3.8, 4) is 6.07 Å². The maximum absolute atomic E-state index is 11.0. The molecular formula is C12H15N5O2. The Morgan fingerprint density at radius 3 is 2.68 bits per heavy atom. The van der Waals surface area contributed by atoms with Gasteiger partial charge in [0, 0.05) is 37.9 Å². The Morgan fingerprint density at radius 1 is 1.42 bits per heavy atom. The molecule has 1 aromatic rings. The smallest absolute Gasteiger partial charge is 0.311 e. The summed E-state index contributed by atoms with van der Waals surface area (Å²) in [6, 6.07) is 5.26. The van der Waals surface area contributed by atoms with Crippen LogP contribution in [0.4, 0.5) is 11.5 Å². The van der Waals surface area contributed by atoms with Gasteiger partial charge in [0.1, 0.15) is 0 Å². The minimum Gasteiger partial charge on any atom is -0.348 e. The van der Waals surface area contributed by atoms with Crippen LogP contribution < -0.4 is 4.90 Å². The zero-order valence-electron chi connectivity index (χ0n) is 10.7. The first kappa shape index (κ1) is 13.2. The lowest BCUT2D eigenvalue weighted by molar-refractivity contribution is -0.384. The molecule has 0 spiro atoms. The van der Waals surface area contributed by atoms with E-state index in [0.29, 0.717) is 25.5 Å². The monoisotopic (exact) mass is 261 g/mol. The maximum atomic E-state index is 11.0. The van der Waals surface area contributed by atoms with Crippen molar-refractivity contribution < 1.29 is 4.92 Å². The highest BCUT2D eigenvalue weighted by Gasteiger charge is 2.24. The Labute approximate surface area is 111 Å². The van der Waals surface area contributed by atoms with Crippen molar-refractivity contribution in [2.45, 2.75) is 6.92 Å². The van der Waals surface area contributed by atoms with Crippen LogP contribution in [0.3, 0.4) is 0 Å². The van der Waals surface area contributed by atoms with Gasteiger partial charge in [0.05, 0.1) is 17.5 Å². The van der Waals surface area contributed by atoms with Gasteiger partial charge in [-0.1, -0.05) is 0 Å². The van der Waals surface area contributed by atoms with Gasteiger partial charge >= 0.3 is 5.69 Å². The van der Waals surface area contributed by atoms with Gasteiger partial charge in [-0.2, -0.15) is 5.26 Å². The van der Waals surface area contributed by atoms with Gasteiger partial charge in [-0.25, -0.2) is 4.98 Å². The van der Waals surface area contributed by atoms with Crippen molar-refractivity contribution in [2.24, 2.45) is 0 Å². The van der Waals surface area contributed by atoms with Crippen LogP contribution in [0.25, 0.3) is 0 Å². The Bertz CT molecular complexity index is 517. The highest BCUT2D eigenvalue weighted by Crippen LogP contribution is 2.26. The first-order valence-corrected chi connectivity index (χ1v) is 6.08. The highest BCUT2D eigenvalue weighted by atomic mass is 16.6. The lowest BCUT2D eigenvalue weighted by atomic mass is 10.2. The number of pyridine rings is 1. The number of nitrogens with zero attached hydrogens (tertiary/aromatic N) is 5. The standard InChI is InChI=1S/C12H15N5O2/c1-10-2-3-11(17(18)19)12(14-10)16-8-6-15(5-4-13)7-9-16/h2-3H,5-9H2,1H3. The molecule has 1 fully saturated rings. The van der Waals surface area contributed by atoms with E-state index >= 15 is 0 Å². The largest absolute Gasteiger partial charge is 0.348 e. The molecule has 0 unspecified atom stereocenters. The first-order chi connectivity index (χ1) is 9.11. The fraction of sp³-hybridized carbons (Fsp3) is 0.500. The van der Waals surface area contributed by atoms with Crippen LogP contribution in [0, 0.1) is 28.4 Å². The second-order valence-corrected chi connectivity index (χ2v) is 4.47. The Kier molecular flexibility index (Phi) is 3.92. The zero-order chi connectivity index (χ0) is 13.8. The third-order valence-electron chi connectivity index (χ3n) is 3.16. The molecule has 2 heterocycles. The molecule has 0 bridgehead atoms. The van der Waals surface area contributed by atoms with Gasteiger partial charge in [0.25, 0.3) is 0 Å². The van der Waals surface area contributed by atoms with E-state index in [4.69, 9.17) is 5.26 Å². The second-order valence-electron chi connectivity index (χ2n) is 4.47. The summed E-state index contributed by atoms with van der Waals surface area (Å²) in [7, 11) is 0. The van der Waals surface area contributed by atoms with Crippen LogP contribution in [0.15, 0.2) is 12.1 Å². The Balaban J connectivity index is 2.17. The number of rotatable bonds is 3. The molecule has 0 saturated carbocycles. The van der Waals surface area contributed by atoms with E-state index in [2.05, 4.69) is 11.1 Å². The second kappa shape index (κ2) is 5.63. The summed E-state index contributed by atoms with van der Waals surface area (Å²) in [5.41, 5.74) is 0.805. The van der Waals surface area contributed by atoms with Crippen LogP contribution >= 0.6 is 0 Å². The van der Waals surface area contributed by atoms with Crippen molar-refractivity contribution in [3.63, 3.8) is 0 Å². The molecule has 100 valence electrons. The average molecular weight is 261 g/mol. The Hall–Kier alpha value is -2.20. The van der Waals surface area contributed by atoms with Crippen molar-refractivity contribution in [1.29, 1.82) is 5.26 Å². The summed E-state index contributed by atoms with van der Waals surface area (Å²) >= 11 is 0. The quantitative estimate of drug-likeness (QED) is 0.457. The van der Waals surface area contributed by atoms with E-state index in [1.807, 2.05) is 16.7 Å². The predicted octanol–water partition coefficient (Wildman–Crippen LogP) is 0.944. The summed E-state index contributed by atoms with van der Waals surface area (Å²) in [5, 5.41) is 19.7. The minimum absolute atomic E-state index is 0.0410. The molecule has 0 N–H and O–H groups in total. The van der Waals surface area contributed by atoms with E-state index in [1.165, 1.54) is 6.07 Å². The van der Waals surface area contributed by atoms with E-state index < -0.39 is 4.92 Å². The van der Waals surface area contributed by atoms with Crippen molar-refractivity contribution >= 4 is 11.5 Å². The van der Waals surface area contributed by atoms with E-state index in [-0.39, 0.29) is 5.69 Å². The van der Waals surface area contributed by atoms with E-state index in [1.54, 1.807) is 6.07 Å². The van der Waals surface area contributed by atoms with Crippen LogP contribution in [0.5, 0.6) is 0 Å². The van der Waals surface area contributed by atoms with Gasteiger partial charge in [-0.15, -0.1) is 0 Å². The molecule has 0 amide bonds. The Morgan fingerprint density at radius 2 is 2.11 bits per heavy atom. The van der Waals surface area contributed by atoms with Crippen molar-refractivity contribution in [1.82, 2.24) is 9.88 Å². The van der Waals surface area contributed by atoms with E-state index in [9.17, 15) is 10.1 Å². The highest BCUT2D eigenvalue weighted by molar-refractivity contribution is 5.58. The molecule has 0 atom stereocenters. The molecule has 0 radical (unpaired) electrons. The number of anilines is 1. The topological polar surface area (TPSA) is 86.3 Å². The summed E-state index contributed by atoms with van der Waals surface area (Å²) in [5.74, 6) is 0.432. The predicted molar refractivity (Wildman–Crippen MR) is 69.9 cm³/mol. The molecule has 0 aliphatic carbocycles. The van der Waals surface area contributed by atoms with Crippen molar-refractivity contribution in [2.75, 3.05) is 37.6 Å². The summed E-state index contributed by atoms with van der Waals surface area (Å²) in [4.78, 5) is 18.9. The molecule has 1 saturated heterocycles. The number of aryl methyl sites for hydroxylation is 1.